The van der Waals surface area contributed by atoms with Gasteiger partial charge < -0.3 is 25.6 Å². The van der Waals surface area contributed by atoms with Gasteiger partial charge in [-0.3, -0.25) is 14.4 Å². The Balaban J connectivity index is 2.02. The molecule has 4 N–H and O–H groups in total. The van der Waals surface area contributed by atoms with E-state index in [4.69, 9.17) is 5.73 Å². The van der Waals surface area contributed by atoms with E-state index in [1.54, 1.807) is 6.92 Å². The van der Waals surface area contributed by atoms with Gasteiger partial charge in [0, 0.05) is 38.3 Å². The normalized spacial score (nSPS) is 15.0. The van der Waals surface area contributed by atoms with Crippen molar-refractivity contribution < 1.29 is 27.9 Å². The summed E-state index contributed by atoms with van der Waals surface area (Å²) in [5, 5.41) is 12.7. The number of carbonyl (C=O) groups excluding carboxylic acids is 2. The van der Waals surface area contributed by atoms with Gasteiger partial charge in [0.15, 0.2) is 28.9 Å². The van der Waals surface area contributed by atoms with E-state index in [0.29, 0.717) is 19.0 Å². The number of amides is 2. The van der Waals surface area contributed by atoms with Crippen LogP contribution in [0, 0.1) is 17.5 Å². The summed E-state index contributed by atoms with van der Waals surface area (Å²) in [7, 11) is 1.49. The molecule has 1 aliphatic heterocycles. The third-order valence-electron chi connectivity index (χ3n) is 5.30. The Hall–Kier alpha value is -3.34. The lowest BCUT2D eigenvalue weighted by atomic mass is 10.0. The van der Waals surface area contributed by atoms with E-state index >= 15 is 0 Å². The topological polar surface area (TPSA) is 118 Å². The fraction of sp³-hybridized carbons (Fsp3) is 0.350. The standard InChI is InChI=1S/C20H21F3N4O4/c1-3-26(2)20(31)16-18(29)17(28)12(15-11(24)6-7-27(15)16)19(30)25-8-9-4-5-10(21)14(23)13(9)22/h4-5,11,29H,3,6-8,24H2,1-2H3,(H,25,30). The van der Waals surface area contributed by atoms with Crippen molar-refractivity contribution in [2.75, 3.05) is 13.6 Å². The van der Waals surface area contributed by atoms with Gasteiger partial charge in [-0.2, -0.15) is 0 Å². The summed E-state index contributed by atoms with van der Waals surface area (Å²) < 4.78 is 41.7. The van der Waals surface area contributed by atoms with Gasteiger partial charge in [-0.05, 0) is 19.4 Å². The summed E-state index contributed by atoms with van der Waals surface area (Å²) in [4.78, 5) is 39.5. The van der Waals surface area contributed by atoms with Crippen molar-refractivity contribution in [3.05, 3.63) is 62.3 Å². The number of aromatic hydroxyl groups is 1. The van der Waals surface area contributed by atoms with Gasteiger partial charge in [-0.1, -0.05) is 6.07 Å². The molecule has 1 aromatic heterocycles. The number of nitrogens with two attached hydrogens (primary N) is 1. The first kappa shape index (κ1) is 22.3. The SMILES string of the molecule is CCN(C)C(=O)c1c(O)c(=O)c(C(=O)NCc2ccc(F)c(F)c2F)c2n1CCC2N. The molecule has 0 radical (unpaired) electrons. The number of hydrogen-bond acceptors (Lipinski definition) is 5. The van der Waals surface area contributed by atoms with Gasteiger partial charge in [0.1, 0.15) is 5.56 Å². The van der Waals surface area contributed by atoms with Gasteiger partial charge in [0.2, 0.25) is 5.43 Å². The first-order valence-corrected chi connectivity index (χ1v) is 9.51. The highest BCUT2D eigenvalue weighted by Crippen LogP contribution is 2.31. The molecule has 0 bridgehead atoms. The summed E-state index contributed by atoms with van der Waals surface area (Å²) in [6.45, 7) is 1.68. The average molecular weight is 438 g/mol. The molecule has 2 amide bonds. The zero-order valence-corrected chi connectivity index (χ0v) is 16.8. The van der Waals surface area contributed by atoms with Crippen LogP contribution in [0.25, 0.3) is 0 Å². The van der Waals surface area contributed by atoms with E-state index < -0.39 is 58.6 Å². The highest BCUT2D eigenvalue weighted by Gasteiger charge is 2.35. The number of nitrogens with zero attached hydrogens (tertiary/aromatic N) is 2. The minimum absolute atomic E-state index is 0.0684. The molecule has 0 saturated heterocycles. The van der Waals surface area contributed by atoms with Gasteiger partial charge in [-0.25, -0.2) is 13.2 Å². The molecule has 1 aliphatic rings. The fourth-order valence-corrected chi connectivity index (χ4v) is 3.48. The van der Waals surface area contributed by atoms with E-state index in [9.17, 15) is 32.7 Å². The Morgan fingerprint density at radius 2 is 1.97 bits per heavy atom. The van der Waals surface area contributed by atoms with E-state index in [1.165, 1.54) is 16.5 Å². The van der Waals surface area contributed by atoms with E-state index in [-0.39, 0.29) is 23.5 Å². The van der Waals surface area contributed by atoms with E-state index in [1.807, 2.05) is 0 Å². The van der Waals surface area contributed by atoms with E-state index in [0.717, 1.165) is 6.07 Å². The Kier molecular flexibility index (Phi) is 6.07. The fourth-order valence-electron chi connectivity index (χ4n) is 3.48. The quantitative estimate of drug-likeness (QED) is 0.610. The predicted molar refractivity (Wildman–Crippen MR) is 104 cm³/mol. The van der Waals surface area contributed by atoms with Crippen LogP contribution < -0.4 is 16.5 Å². The first-order chi connectivity index (χ1) is 14.6. The number of pyridine rings is 1. The number of fused-ring (bicyclic) bond motifs is 1. The molecule has 2 heterocycles. The lowest BCUT2D eigenvalue weighted by molar-refractivity contribution is 0.0785. The zero-order chi connectivity index (χ0) is 23.0. The number of halogens is 3. The highest BCUT2D eigenvalue weighted by molar-refractivity contribution is 5.99. The smallest absolute Gasteiger partial charge is 0.274 e. The summed E-state index contributed by atoms with van der Waals surface area (Å²) >= 11 is 0. The zero-order valence-electron chi connectivity index (χ0n) is 16.8. The van der Waals surface area contributed by atoms with Crippen molar-refractivity contribution >= 4 is 11.8 Å². The summed E-state index contributed by atoms with van der Waals surface area (Å²) in [6.07, 6.45) is 0.317. The van der Waals surface area contributed by atoms with Gasteiger partial charge in [0.25, 0.3) is 11.8 Å². The molecule has 166 valence electrons. The minimum Gasteiger partial charge on any atom is -0.503 e. The molecule has 3 rings (SSSR count). The van der Waals surface area contributed by atoms with Crippen molar-refractivity contribution in [3.63, 3.8) is 0 Å². The Morgan fingerprint density at radius 1 is 1.29 bits per heavy atom. The van der Waals surface area contributed by atoms with Gasteiger partial charge in [0.05, 0.1) is 5.69 Å². The van der Waals surface area contributed by atoms with Crippen LogP contribution in [0.4, 0.5) is 13.2 Å². The van der Waals surface area contributed by atoms with Crippen LogP contribution in [0.15, 0.2) is 16.9 Å². The Morgan fingerprint density at radius 3 is 2.61 bits per heavy atom. The van der Waals surface area contributed by atoms with Crippen molar-refractivity contribution in [3.8, 4) is 5.75 Å². The number of carbonyl (C=O) groups is 2. The molecule has 11 heteroatoms. The largest absolute Gasteiger partial charge is 0.503 e. The Bertz CT molecular complexity index is 1130. The highest BCUT2D eigenvalue weighted by atomic mass is 19.2. The summed E-state index contributed by atoms with van der Waals surface area (Å²) in [5.41, 5.74) is 3.94. The molecule has 1 unspecified atom stereocenters. The molecule has 0 fully saturated rings. The molecular weight excluding hydrogens is 417 g/mol. The third-order valence-corrected chi connectivity index (χ3v) is 5.30. The van der Waals surface area contributed by atoms with Crippen LogP contribution in [0.3, 0.4) is 0 Å². The van der Waals surface area contributed by atoms with Crippen LogP contribution >= 0.6 is 0 Å². The maximum atomic E-state index is 13.9. The van der Waals surface area contributed by atoms with Crippen LogP contribution in [0.2, 0.25) is 0 Å². The van der Waals surface area contributed by atoms with Crippen molar-refractivity contribution in [2.24, 2.45) is 5.73 Å². The molecule has 0 spiro atoms. The number of rotatable bonds is 5. The maximum absolute atomic E-state index is 13.9. The average Bonchev–Trinajstić information content (AvgIpc) is 3.12. The third kappa shape index (κ3) is 3.76. The second-order valence-corrected chi connectivity index (χ2v) is 7.17. The number of aromatic nitrogens is 1. The molecule has 0 saturated carbocycles. The molecular formula is C20H21F3N4O4. The second-order valence-electron chi connectivity index (χ2n) is 7.17. The van der Waals surface area contributed by atoms with Crippen LogP contribution in [-0.2, 0) is 13.1 Å². The lowest BCUT2D eigenvalue weighted by Gasteiger charge is -2.21. The van der Waals surface area contributed by atoms with Crippen LogP contribution in [0.5, 0.6) is 5.75 Å². The Labute approximate surface area is 175 Å². The van der Waals surface area contributed by atoms with Crippen molar-refractivity contribution in [1.29, 1.82) is 0 Å². The second kappa shape index (κ2) is 8.42. The summed E-state index contributed by atoms with van der Waals surface area (Å²) in [6, 6.07) is 0.906. The number of nitrogens with one attached hydrogen (secondary N) is 1. The minimum atomic E-state index is -1.68. The lowest BCUT2D eigenvalue weighted by Crippen LogP contribution is -2.36. The van der Waals surface area contributed by atoms with Gasteiger partial charge in [-0.15, -0.1) is 0 Å². The van der Waals surface area contributed by atoms with E-state index in [2.05, 4.69) is 5.32 Å². The van der Waals surface area contributed by atoms with Crippen molar-refractivity contribution in [1.82, 2.24) is 14.8 Å². The predicted octanol–water partition coefficient (Wildman–Crippen LogP) is 1.40. The maximum Gasteiger partial charge on any atom is 0.274 e. The monoisotopic (exact) mass is 438 g/mol. The molecule has 2 aromatic rings. The molecule has 1 aromatic carbocycles. The molecule has 1 atom stereocenters. The molecule has 8 nitrogen and oxygen atoms in total. The number of hydrogen-bond donors (Lipinski definition) is 3. The number of benzene rings is 1. The summed E-state index contributed by atoms with van der Waals surface area (Å²) in [5.74, 6) is -7.03. The van der Waals surface area contributed by atoms with Gasteiger partial charge >= 0.3 is 0 Å². The van der Waals surface area contributed by atoms with Crippen LogP contribution in [-0.4, -0.2) is 40.0 Å². The first-order valence-electron chi connectivity index (χ1n) is 9.51. The molecule has 0 aliphatic carbocycles. The van der Waals surface area contributed by atoms with Crippen molar-refractivity contribution in [2.45, 2.75) is 32.5 Å². The molecule has 31 heavy (non-hydrogen) atoms. The van der Waals surface area contributed by atoms with Crippen LogP contribution in [0.1, 0.15) is 51.5 Å².